The fraction of sp³-hybridized carbons (Fsp3) is 0.0556. The molecule has 7 heteroatoms. The maximum Gasteiger partial charge on any atom is 0.379 e. The molecule has 0 saturated carbocycles. The number of ether oxygens (including phenoxy) is 1. The van der Waals surface area contributed by atoms with Gasteiger partial charge in [-0.1, -0.05) is 15.9 Å². The summed E-state index contributed by atoms with van der Waals surface area (Å²) in [6.45, 7) is 1.83. The van der Waals surface area contributed by atoms with Gasteiger partial charge in [-0.05, 0) is 49.4 Å². The highest BCUT2D eigenvalue weighted by molar-refractivity contribution is 9.10. The Bertz CT molecular complexity index is 1050. The van der Waals surface area contributed by atoms with Crippen LogP contribution in [0, 0.1) is 6.92 Å². The second-order valence-corrected chi connectivity index (χ2v) is 6.27. The molecule has 0 aliphatic heterocycles. The molecule has 0 N–H and O–H groups in total. The number of nitrogens with zero attached hydrogens (tertiary/aromatic N) is 2. The minimum Gasteiger partial charge on any atom is -0.449 e. The van der Waals surface area contributed by atoms with Crippen molar-refractivity contribution in [2.45, 2.75) is 6.92 Å². The number of carbonyl (C=O) groups excluding carboxylic acids is 1. The molecule has 2 heterocycles. The topological polar surface area (TPSA) is 78.4 Å². The Labute approximate surface area is 150 Å². The van der Waals surface area contributed by atoms with E-state index < -0.39 is 5.97 Å². The van der Waals surface area contributed by atoms with E-state index in [-0.39, 0.29) is 5.76 Å². The molecule has 2 aromatic heterocycles. The van der Waals surface area contributed by atoms with Crippen molar-refractivity contribution < 1.29 is 18.4 Å². The maximum absolute atomic E-state index is 12.4. The molecule has 4 aromatic rings. The standard InChI is InChI=1S/C18H11BrN2O4/c1-10-14-8-12(19)4-7-15(14)25-16(10)18(22)24-13-5-2-11(3-6-13)17-21-20-9-23-17/h2-9H,1H3. The van der Waals surface area contributed by atoms with E-state index >= 15 is 0 Å². The average Bonchev–Trinajstić information content (AvgIpc) is 3.25. The van der Waals surface area contributed by atoms with Crippen molar-refractivity contribution in [3.8, 4) is 17.2 Å². The van der Waals surface area contributed by atoms with Gasteiger partial charge >= 0.3 is 5.97 Å². The highest BCUT2D eigenvalue weighted by Crippen LogP contribution is 2.29. The summed E-state index contributed by atoms with van der Waals surface area (Å²) in [6, 6.07) is 12.4. The first kappa shape index (κ1) is 15.6. The van der Waals surface area contributed by atoms with Crippen LogP contribution >= 0.6 is 15.9 Å². The quantitative estimate of drug-likeness (QED) is 0.365. The molecule has 4 rings (SSSR count). The van der Waals surface area contributed by atoms with E-state index in [9.17, 15) is 4.79 Å². The third-order valence-corrected chi connectivity index (χ3v) is 4.25. The van der Waals surface area contributed by atoms with E-state index in [1.807, 2.05) is 25.1 Å². The molecule has 0 fully saturated rings. The summed E-state index contributed by atoms with van der Waals surface area (Å²) in [5.74, 6) is 0.440. The zero-order valence-electron chi connectivity index (χ0n) is 13.0. The van der Waals surface area contributed by atoms with E-state index in [4.69, 9.17) is 13.6 Å². The number of esters is 1. The largest absolute Gasteiger partial charge is 0.449 e. The Morgan fingerprint density at radius 2 is 1.96 bits per heavy atom. The van der Waals surface area contributed by atoms with Gasteiger partial charge in [0.15, 0.2) is 0 Å². The number of hydrogen-bond acceptors (Lipinski definition) is 6. The smallest absolute Gasteiger partial charge is 0.379 e. The van der Waals surface area contributed by atoms with Crippen LogP contribution in [0.15, 0.2) is 62.2 Å². The van der Waals surface area contributed by atoms with Gasteiger partial charge in [-0.3, -0.25) is 0 Å². The van der Waals surface area contributed by atoms with Crippen LogP contribution in [0.4, 0.5) is 0 Å². The summed E-state index contributed by atoms with van der Waals surface area (Å²) in [7, 11) is 0. The molecule has 124 valence electrons. The Kier molecular flexibility index (Phi) is 3.85. The van der Waals surface area contributed by atoms with Crippen molar-refractivity contribution in [3.63, 3.8) is 0 Å². The van der Waals surface area contributed by atoms with Gasteiger partial charge in [-0.2, -0.15) is 0 Å². The van der Waals surface area contributed by atoms with Crippen LogP contribution in [0.5, 0.6) is 5.75 Å². The summed E-state index contributed by atoms with van der Waals surface area (Å²) in [5, 5.41) is 8.32. The van der Waals surface area contributed by atoms with Gasteiger partial charge in [-0.15, -0.1) is 10.2 Å². The van der Waals surface area contributed by atoms with Gasteiger partial charge < -0.3 is 13.6 Å². The molecule has 25 heavy (non-hydrogen) atoms. The van der Waals surface area contributed by atoms with E-state index in [1.54, 1.807) is 24.3 Å². The molecule has 0 atom stereocenters. The number of furan rings is 1. The Morgan fingerprint density at radius 1 is 1.16 bits per heavy atom. The van der Waals surface area contributed by atoms with E-state index in [0.29, 0.717) is 17.2 Å². The van der Waals surface area contributed by atoms with Crippen molar-refractivity contribution in [2.75, 3.05) is 0 Å². The van der Waals surface area contributed by atoms with Gasteiger partial charge in [-0.25, -0.2) is 4.79 Å². The fourth-order valence-electron chi connectivity index (χ4n) is 2.51. The van der Waals surface area contributed by atoms with Crippen molar-refractivity contribution in [2.24, 2.45) is 0 Å². The number of carbonyl (C=O) groups is 1. The second-order valence-electron chi connectivity index (χ2n) is 5.35. The maximum atomic E-state index is 12.4. The lowest BCUT2D eigenvalue weighted by atomic mass is 10.1. The minimum absolute atomic E-state index is 0.189. The summed E-state index contributed by atoms with van der Waals surface area (Å²) in [4.78, 5) is 12.4. The first-order valence-corrected chi connectivity index (χ1v) is 8.18. The van der Waals surface area contributed by atoms with Crippen LogP contribution < -0.4 is 4.74 Å². The zero-order valence-corrected chi connectivity index (χ0v) is 14.6. The summed E-state index contributed by atoms with van der Waals surface area (Å²) >= 11 is 3.41. The number of aromatic nitrogens is 2. The highest BCUT2D eigenvalue weighted by Gasteiger charge is 2.20. The van der Waals surface area contributed by atoms with Crippen LogP contribution in [-0.2, 0) is 0 Å². The number of hydrogen-bond donors (Lipinski definition) is 0. The van der Waals surface area contributed by atoms with Gasteiger partial charge in [0.2, 0.25) is 18.0 Å². The Hall–Kier alpha value is -2.93. The number of halogens is 1. The number of benzene rings is 2. The number of rotatable bonds is 3. The van der Waals surface area contributed by atoms with E-state index in [1.165, 1.54) is 6.39 Å². The van der Waals surface area contributed by atoms with Gasteiger partial charge in [0.1, 0.15) is 11.3 Å². The van der Waals surface area contributed by atoms with Crippen molar-refractivity contribution in [1.29, 1.82) is 0 Å². The van der Waals surface area contributed by atoms with Crippen LogP contribution in [0.3, 0.4) is 0 Å². The van der Waals surface area contributed by atoms with Gasteiger partial charge in [0.05, 0.1) is 0 Å². The molecule has 0 amide bonds. The van der Waals surface area contributed by atoms with Gasteiger partial charge in [0.25, 0.3) is 0 Å². The molecule has 0 aliphatic rings. The Morgan fingerprint density at radius 3 is 2.68 bits per heavy atom. The monoisotopic (exact) mass is 398 g/mol. The summed E-state index contributed by atoms with van der Waals surface area (Å²) in [6.07, 6.45) is 1.26. The summed E-state index contributed by atoms with van der Waals surface area (Å²) < 4.78 is 17.1. The highest BCUT2D eigenvalue weighted by atomic mass is 79.9. The van der Waals surface area contributed by atoms with E-state index in [0.717, 1.165) is 21.0 Å². The molecule has 2 aromatic carbocycles. The van der Waals surface area contributed by atoms with E-state index in [2.05, 4.69) is 26.1 Å². The molecular weight excluding hydrogens is 388 g/mol. The van der Waals surface area contributed by atoms with Crippen molar-refractivity contribution in [1.82, 2.24) is 10.2 Å². The second kappa shape index (κ2) is 6.18. The first-order chi connectivity index (χ1) is 12.1. The SMILES string of the molecule is Cc1c(C(=O)Oc2ccc(-c3nnco3)cc2)oc2ccc(Br)cc12. The lowest BCUT2D eigenvalue weighted by Gasteiger charge is -2.03. The average molecular weight is 399 g/mol. The zero-order chi connectivity index (χ0) is 17.4. The Balaban J connectivity index is 1.59. The number of aryl methyl sites for hydroxylation is 1. The van der Waals surface area contributed by atoms with Crippen molar-refractivity contribution in [3.05, 3.63) is 64.7 Å². The van der Waals surface area contributed by atoms with Crippen LogP contribution in [-0.4, -0.2) is 16.2 Å². The molecule has 0 spiro atoms. The van der Waals surface area contributed by atoms with Crippen LogP contribution in [0.1, 0.15) is 16.1 Å². The minimum atomic E-state index is -0.546. The predicted molar refractivity (Wildman–Crippen MR) is 93.3 cm³/mol. The lowest BCUT2D eigenvalue weighted by molar-refractivity contribution is 0.0703. The molecule has 0 bridgehead atoms. The van der Waals surface area contributed by atoms with Crippen molar-refractivity contribution >= 4 is 32.9 Å². The molecule has 0 aliphatic carbocycles. The fourth-order valence-corrected chi connectivity index (χ4v) is 2.87. The predicted octanol–water partition coefficient (Wildman–Crippen LogP) is 4.77. The van der Waals surface area contributed by atoms with Crippen LogP contribution in [0.2, 0.25) is 0 Å². The third-order valence-electron chi connectivity index (χ3n) is 3.76. The molecule has 6 nitrogen and oxygen atoms in total. The van der Waals surface area contributed by atoms with Crippen LogP contribution in [0.25, 0.3) is 22.4 Å². The van der Waals surface area contributed by atoms with Gasteiger partial charge in [0, 0.05) is 21.0 Å². The third kappa shape index (κ3) is 2.94. The molecular formula is C18H11BrN2O4. The number of fused-ring (bicyclic) bond motifs is 1. The molecule has 0 unspecified atom stereocenters. The molecule has 0 saturated heterocycles. The molecule has 0 radical (unpaired) electrons. The summed E-state index contributed by atoms with van der Waals surface area (Å²) in [5.41, 5.74) is 2.12. The lowest BCUT2D eigenvalue weighted by Crippen LogP contribution is -2.08. The first-order valence-electron chi connectivity index (χ1n) is 7.39. The normalized spacial score (nSPS) is 11.0.